The maximum atomic E-state index is 12.6. The van der Waals surface area contributed by atoms with E-state index in [0.717, 1.165) is 18.4 Å². The summed E-state index contributed by atoms with van der Waals surface area (Å²) in [4.78, 5) is 42.0. The number of carbonyl (C=O) groups excluding carboxylic acids is 3. The SMILES string of the molecule is Cc1ccnc(NC(=O)CN(C)C(=O)c2cccc(NC(=O)NC3CC3)c2)c1. The fourth-order valence-electron chi connectivity index (χ4n) is 2.60. The van der Waals surface area contributed by atoms with Crippen LogP contribution in [0.1, 0.15) is 28.8 Å². The summed E-state index contributed by atoms with van der Waals surface area (Å²) < 4.78 is 0. The first kappa shape index (κ1) is 19.3. The van der Waals surface area contributed by atoms with Crippen LogP contribution in [0.5, 0.6) is 0 Å². The highest BCUT2D eigenvalue weighted by Gasteiger charge is 2.23. The topological polar surface area (TPSA) is 103 Å². The second-order valence-corrected chi connectivity index (χ2v) is 6.88. The Hall–Kier alpha value is -3.42. The highest BCUT2D eigenvalue weighted by molar-refractivity contribution is 6.00. The monoisotopic (exact) mass is 381 g/mol. The van der Waals surface area contributed by atoms with Crippen molar-refractivity contribution in [1.82, 2.24) is 15.2 Å². The molecular formula is C20H23N5O3. The summed E-state index contributed by atoms with van der Waals surface area (Å²) in [5, 5.41) is 8.21. The molecule has 8 heteroatoms. The summed E-state index contributed by atoms with van der Waals surface area (Å²) in [7, 11) is 1.55. The number of pyridine rings is 1. The predicted octanol–water partition coefficient (Wildman–Crippen LogP) is 2.38. The van der Waals surface area contributed by atoms with E-state index < -0.39 is 0 Å². The Kier molecular flexibility index (Phi) is 5.88. The standard InChI is InChI=1S/C20H23N5O3/c1-13-8-9-21-17(10-13)24-18(26)12-25(2)19(27)14-4-3-5-16(11-14)23-20(28)22-15-6-7-15/h3-5,8-11,15H,6-7,12H2,1-2H3,(H,21,24,26)(H2,22,23,28). The molecule has 0 saturated heterocycles. The van der Waals surface area contributed by atoms with E-state index in [-0.39, 0.29) is 30.4 Å². The van der Waals surface area contributed by atoms with Gasteiger partial charge in [0.05, 0.1) is 6.54 Å². The van der Waals surface area contributed by atoms with E-state index in [0.29, 0.717) is 17.1 Å². The van der Waals surface area contributed by atoms with Crippen molar-refractivity contribution in [1.29, 1.82) is 0 Å². The number of nitrogens with zero attached hydrogens (tertiary/aromatic N) is 2. The molecule has 1 saturated carbocycles. The lowest BCUT2D eigenvalue weighted by molar-refractivity contribution is -0.116. The van der Waals surface area contributed by atoms with Crippen molar-refractivity contribution in [3.05, 3.63) is 53.7 Å². The van der Waals surface area contributed by atoms with Crippen molar-refractivity contribution in [3.63, 3.8) is 0 Å². The van der Waals surface area contributed by atoms with Crippen LogP contribution in [0.15, 0.2) is 42.6 Å². The molecule has 1 aliphatic rings. The van der Waals surface area contributed by atoms with E-state index >= 15 is 0 Å². The van der Waals surface area contributed by atoms with Crippen LogP contribution in [-0.4, -0.2) is 47.4 Å². The molecule has 2 aromatic rings. The van der Waals surface area contributed by atoms with Crippen molar-refractivity contribution in [3.8, 4) is 0 Å². The van der Waals surface area contributed by atoms with Crippen molar-refractivity contribution in [2.75, 3.05) is 24.2 Å². The molecular weight excluding hydrogens is 358 g/mol. The Morgan fingerprint density at radius 3 is 2.64 bits per heavy atom. The van der Waals surface area contributed by atoms with E-state index in [4.69, 9.17) is 0 Å². The fourth-order valence-corrected chi connectivity index (χ4v) is 2.60. The number of benzene rings is 1. The van der Waals surface area contributed by atoms with Crippen LogP contribution in [0.3, 0.4) is 0 Å². The van der Waals surface area contributed by atoms with Crippen LogP contribution in [0.4, 0.5) is 16.3 Å². The van der Waals surface area contributed by atoms with E-state index in [1.165, 1.54) is 4.90 Å². The molecule has 3 N–H and O–H groups in total. The van der Waals surface area contributed by atoms with Gasteiger partial charge in [0, 0.05) is 30.5 Å². The second kappa shape index (κ2) is 8.51. The molecule has 1 aliphatic carbocycles. The Labute approximate surface area is 163 Å². The van der Waals surface area contributed by atoms with Crippen LogP contribution in [-0.2, 0) is 4.79 Å². The normalized spacial score (nSPS) is 12.8. The molecule has 0 spiro atoms. The van der Waals surface area contributed by atoms with Gasteiger partial charge in [-0.1, -0.05) is 6.07 Å². The molecule has 1 aromatic carbocycles. The molecule has 4 amide bonds. The third-order valence-electron chi connectivity index (χ3n) is 4.19. The number of urea groups is 1. The lowest BCUT2D eigenvalue weighted by Gasteiger charge is -2.17. The third-order valence-corrected chi connectivity index (χ3v) is 4.19. The van der Waals surface area contributed by atoms with Gasteiger partial charge in [-0.25, -0.2) is 9.78 Å². The number of aromatic nitrogens is 1. The summed E-state index contributed by atoms with van der Waals surface area (Å²) in [6, 6.07) is 10.2. The maximum absolute atomic E-state index is 12.6. The zero-order chi connectivity index (χ0) is 20.1. The van der Waals surface area contributed by atoms with Gasteiger partial charge in [0.25, 0.3) is 5.91 Å². The first-order valence-corrected chi connectivity index (χ1v) is 9.06. The Morgan fingerprint density at radius 2 is 1.93 bits per heavy atom. The largest absolute Gasteiger partial charge is 0.335 e. The molecule has 1 fully saturated rings. The predicted molar refractivity (Wildman–Crippen MR) is 106 cm³/mol. The first-order chi connectivity index (χ1) is 13.4. The molecule has 0 bridgehead atoms. The minimum Gasteiger partial charge on any atom is -0.335 e. The number of hydrogen-bond acceptors (Lipinski definition) is 4. The average molecular weight is 381 g/mol. The lowest BCUT2D eigenvalue weighted by Crippen LogP contribution is -2.35. The smallest absolute Gasteiger partial charge is 0.319 e. The third kappa shape index (κ3) is 5.54. The zero-order valence-electron chi connectivity index (χ0n) is 15.9. The molecule has 1 aromatic heterocycles. The number of hydrogen-bond donors (Lipinski definition) is 3. The maximum Gasteiger partial charge on any atom is 0.319 e. The van der Waals surface area contributed by atoms with Gasteiger partial charge in [0.15, 0.2) is 0 Å². The van der Waals surface area contributed by atoms with Gasteiger partial charge in [0.2, 0.25) is 5.91 Å². The van der Waals surface area contributed by atoms with Gasteiger partial charge in [-0.3, -0.25) is 9.59 Å². The second-order valence-electron chi connectivity index (χ2n) is 6.88. The van der Waals surface area contributed by atoms with E-state index in [1.54, 1.807) is 43.6 Å². The molecule has 146 valence electrons. The Balaban J connectivity index is 1.56. The van der Waals surface area contributed by atoms with Gasteiger partial charge >= 0.3 is 6.03 Å². The summed E-state index contributed by atoms with van der Waals surface area (Å²) in [5.74, 6) is -0.218. The van der Waals surface area contributed by atoms with Crippen molar-refractivity contribution >= 4 is 29.4 Å². The fraction of sp³-hybridized carbons (Fsp3) is 0.300. The summed E-state index contributed by atoms with van der Waals surface area (Å²) in [6.07, 6.45) is 3.60. The highest BCUT2D eigenvalue weighted by atomic mass is 16.2. The summed E-state index contributed by atoms with van der Waals surface area (Å²) in [5.41, 5.74) is 1.88. The molecule has 28 heavy (non-hydrogen) atoms. The van der Waals surface area contributed by atoms with Gasteiger partial charge < -0.3 is 20.9 Å². The van der Waals surface area contributed by atoms with Gasteiger partial charge in [-0.2, -0.15) is 0 Å². The molecule has 3 rings (SSSR count). The van der Waals surface area contributed by atoms with Crippen LogP contribution in [0.2, 0.25) is 0 Å². The number of likely N-dealkylation sites (N-methyl/N-ethyl adjacent to an activating group) is 1. The molecule has 0 unspecified atom stereocenters. The summed E-state index contributed by atoms with van der Waals surface area (Å²) >= 11 is 0. The average Bonchev–Trinajstić information content (AvgIpc) is 3.45. The summed E-state index contributed by atoms with van der Waals surface area (Å²) in [6.45, 7) is 1.78. The van der Waals surface area contributed by atoms with E-state index in [2.05, 4.69) is 20.9 Å². The number of amides is 4. The van der Waals surface area contributed by atoms with E-state index in [9.17, 15) is 14.4 Å². The molecule has 0 radical (unpaired) electrons. The van der Waals surface area contributed by atoms with Crippen LogP contribution < -0.4 is 16.0 Å². The minimum atomic E-state index is -0.341. The lowest BCUT2D eigenvalue weighted by atomic mass is 10.1. The quantitative estimate of drug-likeness (QED) is 0.715. The van der Waals surface area contributed by atoms with Crippen LogP contribution in [0.25, 0.3) is 0 Å². The Morgan fingerprint density at radius 1 is 1.14 bits per heavy atom. The first-order valence-electron chi connectivity index (χ1n) is 9.06. The minimum absolute atomic E-state index is 0.117. The van der Waals surface area contributed by atoms with Crippen molar-refractivity contribution in [2.45, 2.75) is 25.8 Å². The number of rotatable bonds is 6. The van der Waals surface area contributed by atoms with E-state index in [1.807, 2.05) is 13.0 Å². The number of nitrogens with one attached hydrogen (secondary N) is 3. The molecule has 1 heterocycles. The van der Waals surface area contributed by atoms with Crippen molar-refractivity contribution < 1.29 is 14.4 Å². The number of aryl methyl sites for hydroxylation is 1. The molecule has 0 aliphatic heterocycles. The van der Waals surface area contributed by atoms with Crippen molar-refractivity contribution in [2.24, 2.45) is 0 Å². The van der Waals surface area contributed by atoms with Gasteiger partial charge in [0.1, 0.15) is 5.82 Å². The van der Waals surface area contributed by atoms with Crippen LogP contribution in [0, 0.1) is 6.92 Å². The number of carbonyl (C=O) groups is 3. The molecule has 8 nitrogen and oxygen atoms in total. The number of anilines is 2. The molecule has 0 atom stereocenters. The van der Waals surface area contributed by atoms with Gasteiger partial charge in [-0.15, -0.1) is 0 Å². The highest BCUT2D eigenvalue weighted by Crippen LogP contribution is 2.19. The van der Waals surface area contributed by atoms with Crippen LogP contribution >= 0.6 is 0 Å². The van der Waals surface area contributed by atoms with Gasteiger partial charge in [-0.05, 0) is 55.7 Å². The zero-order valence-corrected chi connectivity index (χ0v) is 15.9. The Bertz CT molecular complexity index is 895.